The van der Waals surface area contributed by atoms with Crippen molar-refractivity contribution in [1.82, 2.24) is 4.90 Å². The molecule has 1 aliphatic rings. The van der Waals surface area contributed by atoms with Crippen LogP contribution in [-0.2, 0) is 0 Å². The summed E-state index contributed by atoms with van der Waals surface area (Å²) in [6.07, 6.45) is 3.89. The molecule has 2 unspecified atom stereocenters. The smallest absolute Gasteiger partial charge is 0.0476 e. The van der Waals surface area contributed by atoms with Gasteiger partial charge in [0.2, 0.25) is 0 Å². The Balaban J connectivity index is 2.24. The fourth-order valence-electron chi connectivity index (χ4n) is 3.11. The molecule has 2 heteroatoms. The van der Waals surface area contributed by atoms with Crippen LogP contribution in [-0.4, -0.2) is 24.0 Å². The lowest BCUT2D eigenvalue weighted by molar-refractivity contribution is 0.180. The molecule has 17 heavy (non-hydrogen) atoms. The molecule has 0 aromatic heterocycles. The van der Waals surface area contributed by atoms with Crippen LogP contribution < -0.4 is 5.73 Å². The highest BCUT2D eigenvalue weighted by atomic mass is 15.2. The molecule has 1 aliphatic heterocycles. The van der Waals surface area contributed by atoms with E-state index in [2.05, 4.69) is 43.0 Å². The Morgan fingerprint density at radius 2 is 2.18 bits per heavy atom. The van der Waals surface area contributed by atoms with Crippen molar-refractivity contribution in [3.05, 3.63) is 35.4 Å². The lowest BCUT2D eigenvalue weighted by Gasteiger charge is -2.33. The summed E-state index contributed by atoms with van der Waals surface area (Å²) in [5, 5.41) is 0. The normalized spacial score (nSPS) is 22.9. The number of nitrogens with zero attached hydrogens (tertiary/aromatic N) is 1. The lowest BCUT2D eigenvalue weighted by atomic mass is 9.99. The van der Waals surface area contributed by atoms with Crippen LogP contribution in [0.2, 0.25) is 0 Å². The van der Waals surface area contributed by atoms with Crippen molar-refractivity contribution in [3.8, 4) is 0 Å². The molecule has 1 aromatic carbocycles. The number of benzene rings is 1. The molecule has 0 bridgehead atoms. The van der Waals surface area contributed by atoms with E-state index in [1.807, 2.05) is 0 Å². The molecule has 2 atom stereocenters. The summed E-state index contributed by atoms with van der Waals surface area (Å²) in [5.41, 5.74) is 8.81. The van der Waals surface area contributed by atoms with Crippen molar-refractivity contribution in [2.75, 3.05) is 13.1 Å². The number of likely N-dealkylation sites (tertiary alicyclic amines) is 1. The average Bonchev–Trinajstić information content (AvgIpc) is 2.81. The standard InChI is InChI=1S/C15H24N2/c1-3-13-8-6-10-17(13)15(11-16)14-9-5-4-7-12(14)2/h4-5,7,9,13,15H,3,6,8,10-11,16H2,1-2H3. The quantitative estimate of drug-likeness (QED) is 0.865. The molecule has 1 saturated heterocycles. The van der Waals surface area contributed by atoms with Crippen LogP contribution in [0.3, 0.4) is 0 Å². The van der Waals surface area contributed by atoms with Gasteiger partial charge in [-0.2, -0.15) is 0 Å². The molecular weight excluding hydrogens is 208 g/mol. The van der Waals surface area contributed by atoms with Gasteiger partial charge in [0.1, 0.15) is 0 Å². The molecule has 0 aliphatic carbocycles. The number of hydrogen-bond acceptors (Lipinski definition) is 2. The minimum Gasteiger partial charge on any atom is -0.329 e. The molecule has 0 spiro atoms. The molecule has 1 heterocycles. The van der Waals surface area contributed by atoms with E-state index in [-0.39, 0.29) is 0 Å². The first kappa shape index (κ1) is 12.6. The summed E-state index contributed by atoms with van der Waals surface area (Å²) < 4.78 is 0. The predicted molar refractivity (Wildman–Crippen MR) is 73.0 cm³/mol. The van der Waals surface area contributed by atoms with Crippen molar-refractivity contribution in [2.24, 2.45) is 5.73 Å². The van der Waals surface area contributed by atoms with Crippen molar-refractivity contribution >= 4 is 0 Å². The van der Waals surface area contributed by atoms with E-state index in [0.717, 1.165) is 12.6 Å². The molecule has 0 radical (unpaired) electrons. The summed E-state index contributed by atoms with van der Waals surface area (Å²) in [4.78, 5) is 2.61. The second kappa shape index (κ2) is 5.65. The number of aryl methyl sites for hydroxylation is 1. The minimum atomic E-state index is 0.406. The van der Waals surface area contributed by atoms with Crippen LogP contribution >= 0.6 is 0 Å². The van der Waals surface area contributed by atoms with Crippen LogP contribution in [0, 0.1) is 6.92 Å². The fourth-order valence-corrected chi connectivity index (χ4v) is 3.11. The Labute approximate surface area is 105 Å². The van der Waals surface area contributed by atoms with Gasteiger partial charge >= 0.3 is 0 Å². The highest BCUT2D eigenvalue weighted by Crippen LogP contribution is 2.31. The van der Waals surface area contributed by atoms with E-state index in [1.165, 1.54) is 36.9 Å². The maximum atomic E-state index is 6.03. The molecule has 2 N–H and O–H groups in total. The van der Waals surface area contributed by atoms with Gasteiger partial charge in [-0.05, 0) is 43.9 Å². The highest BCUT2D eigenvalue weighted by Gasteiger charge is 2.30. The zero-order valence-corrected chi connectivity index (χ0v) is 11.0. The summed E-state index contributed by atoms with van der Waals surface area (Å²) >= 11 is 0. The third-order valence-electron chi connectivity index (χ3n) is 4.06. The van der Waals surface area contributed by atoms with Crippen molar-refractivity contribution in [2.45, 2.75) is 45.2 Å². The predicted octanol–water partition coefficient (Wildman–Crippen LogP) is 2.87. The molecule has 0 saturated carbocycles. The van der Waals surface area contributed by atoms with Crippen LogP contribution in [0.5, 0.6) is 0 Å². The maximum absolute atomic E-state index is 6.03. The van der Waals surface area contributed by atoms with Crippen molar-refractivity contribution in [1.29, 1.82) is 0 Å². The molecule has 1 fully saturated rings. The van der Waals surface area contributed by atoms with E-state index in [0.29, 0.717) is 6.04 Å². The van der Waals surface area contributed by atoms with Crippen LogP contribution in [0.15, 0.2) is 24.3 Å². The molecule has 1 aromatic rings. The van der Waals surface area contributed by atoms with E-state index in [1.54, 1.807) is 0 Å². The van der Waals surface area contributed by atoms with Crippen LogP contribution in [0.25, 0.3) is 0 Å². The Bertz CT molecular complexity index is 362. The van der Waals surface area contributed by atoms with Gasteiger partial charge in [0.25, 0.3) is 0 Å². The van der Waals surface area contributed by atoms with Gasteiger partial charge in [0.15, 0.2) is 0 Å². The van der Waals surface area contributed by atoms with Gasteiger partial charge in [0, 0.05) is 18.6 Å². The summed E-state index contributed by atoms with van der Waals surface area (Å²) in [6.45, 7) is 6.40. The third-order valence-corrected chi connectivity index (χ3v) is 4.06. The molecular formula is C15H24N2. The van der Waals surface area contributed by atoms with Gasteiger partial charge in [-0.1, -0.05) is 31.2 Å². The first-order valence-corrected chi connectivity index (χ1v) is 6.79. The third kappa shape index (κ3) is 2.53. The number of nitrogens with two attached hydrogens (primary N) is 1. The van der Waals surface area contributed by atoms with Crippen molar-refractivity contribution < 1.29 is 0 Å². The van der Waals surface area contributed by atoms with Gasteiger partial charge in [-0.15, -0.1) is 0 Å². The Morgan fingerprint density at radius 3 is 2.82 bits per heavy atom. The van der Waals surface area contributed by atoms with E-state index >= 15 is 0 Å². The number of rotatable bonds is 4. The summed E-state index contributed by atoms with van der Waals surface area (Å²) in [5.74, 6) is 0. The second-order valence-corrected chi connectivity index (χ2v) is 5.05. The lowest BCUT2D eigenvalue weighted by Crippen LogP contribution is -2.37. The molecule has 0 amide bonds. The summed E-state index contributed by atoms with van der Waals surface area (Å²) in [7, 11) is 0. The molecule has 94 valence electrons. The minimum absolute atomic E-state index is 0.406. The first-order valence-electron chi connectivity index (χ1n) is 6.79. The van der Waals surface area contributed by atoms with Gasteiger partial charge in [-0.25, -0.2) is 0 Å². The van der Waals surface area contributed by atoms with Gasteiger partial charge in [-0.3, -0.25) is 4.90 Å². The monoisotopic (exact) mass is 232 g/mol. The van der Waals surface area contributed by atoms with Gasteiger partial charge < -0.3 is 5.73 Å². The van der Waals surface area contributed by atoms with E-state index in [4.69, 9.17) is 5.73 Å². The Morgan fingerprint density at radius 1 is 1.41 bits per heavy atom. The SMILES string of the molecule is CCC1CCCN1C(CN)c1ccccc1C. The van der Waals surface area contributed by atoms with E-state index < -0.39 is 0 Å². The average molecular weight is 232 g/mol. The first-order chi connectivity index (χ1) is 8.27. The van der Waals surface area contributed by atoms with E-state index in [9.17, 15) is 0 Å². The second-order valence-electron chi connectivity index (χ2n) is 5.05. The Kier molecular flexibility index (Phi) is 4.19. The zero-order valence-electron chi connectivity index (χ0n) is 11.0. The molecule has 2 nitrogen and oxygen atoms in total. The van der Waals surface area contributed by atoms with Crippen LogP contribution in [0.1, 0.15) is 43.4 Å². The largest absolute Gasteiger partial charge is 0.329 e. The van der Waals surface area contributed by atoms with Crippen molar-refractivity contribution in [3.63, 3.8) is 0 Å². The van der Waals surface area contributed by atoms with Crippen LogP contribution in [0.4, 0.5) is 0 Å². The Hall–Kier alpha value is -0.860. The summed E-state index contributed by atoms with van der Waals surface area (Å²) in [6, 6.07) is 9.79. The topological polar surface area (TPSA) is 29.3 Å². The fraction of sp³-hybridized carbons (Fsp3) is 0.600. The number of hydrogen-bond donors (Lipinski definition) is 1. The van der Waals surface area contributed by atoms with Gasteiger partial charge in [0.05, 0.1) is 0 Å². The maximum Gasteiger partial charge on any atom is 0.0476 e. The zero-order chi connectivity index (χ0) is 12.3. The molecule has 2 rings (SSSR count). The highest BCUT2D eigenvalue weighted by molar-refractivity contribution is 5.29.